The van der Waals surface area contributed by atoms with Crippen LogP contribution in [0.2, 0.25) is 0 Å². The molecule has 0 bridgehead atoms. The van der Waals surface area contributed by atoms with Crippen LogP contribution in [0.5, 0.6) is 0 Å². The third-order valence-electron chi connectivity index (χ3n) is 2.00. The summed E-state index contributed by atoms with van der Waals surface area (Å²) < 4.78 is 0. The van der Waals surface area contributed by atoms with Gasteiger partial charge in [0.2, 0.25) is 0 Å². The van der Waals surface area contributed by atoms with Crippen LogP contribution >= 0.6 is 0 Å². The van der Waals surface area contributed by atoms with Crippen molar-refractivity contribution in [2.45, 2.75) is 0 Å². The average molecular weight is 197 g/mol. The number of H-pyrrole nitrogens is 1. The normalized spacial score (nSPS) is 9.53. The highest BCUT2D eigenvalue weighted by atomic mass is 16.1. The molecule has 0 amide bonds. The molecule has 1 aromatic heterocycles. The molecule has 0 unspecified atom stereocenters. The topological polar surface area (TPSA) is 69.5 Å². The second-order valence-corrected chi connectivity index (χ2v) is 3.00. The number of nitrogens with zero attached hydrogens (tertiary/aromatic N) is 2. The summed E-state index contributed by atoms with van der Waals surface area (Å²) in [6, 6.07) is 9.17. The van der Waals surface area contributed by atoms with E-state index < -0.39 is 0 Å². The molecule has 0 aliphatic rings. The van der Waals surface area contributed by atoms with E-state index in [-0.39, 0.29) is 5.69 Å². The van der Waals surface area contributed by atoms with Crippen LogP contribution in [0.1, 0.15) is 5.56 Å². The summed E-state index contributed by atoms with van der Waals surface area (Å²) in [5.41, 5.74) is 1.85. The molecule has 0 aliphatic carbocycles. The van der Waals surface area contributed by atoms with Gasteiger partial charge in [0.25, 0.3) is 0 Å². The van der Waals surface area contributed by atoms with E-state index >= 15 is 0 Å². The van der Waals surface area contributed by atoms with Gasteiger partial charge in [-0.1, -0.05) is 12.1 Å². The Labute approximate surface area is 85.8 Å². The van der Waals surface area contributed by atoms with Gasteiger partial charge in [-0.25, -0.2) is 9.78 Å². The molecule has 0 aliphatic heterocycles. The molecule has 72 valence electrons. The van der Waals surface area contributed by atoms with Crippen molar-refractivity contribution >= 4 is 0 Å². The van der Waals surface area contributed by atoms with Crippen molar-refractivity contribution in [3.63, 3.8) is 0 Å². The zero-order valence-corrected chi connectivity index (χ0v) is 7.77. The van der Waals surface area contributed by atoms with Gasteiger partial charge in [-0.15, -0.1) is 0 Å². The fourth-order valence-corrected chi connectivity index (χ4v) is 1.27. The number of hydrogen-bond acceptors (Lipinski definition) is 3. The van der Waals surface area contributed by atoms with Gasteiger partial charge in [-0.05, 0) is 17.7 Å². The molecule has 15 heavy (non-hydrogen) atoms. The van der Waals surface area contributed by atoms with E-state index in [2.05, 4.69) is 16.0 Å². The van der Waals surface area contributed by atoms with Crippen LogP contribution in [-0.2, 0) is 0 Å². The SMILES string of the molecule is N#Cc1cccc(-c2cnc(=O)[nH]c2)c1. The Morgan fingerprint density at radius 3 is 2.87 bits per heavy atom. The molecule has 4 nitrogen and oxygen atoms in total. The highest BCUT2D eigenvalue weighted by Crippen LogP contribution is 2.17. The second kappa shape index (κ2) is 3.76. The zero-order chi connectivity index (χ0) is 10.7. The van der Waals surface area contributed by atoms with Crippen molar-refractivity contribution in [1.29, 1.82) is 5.26 Å². The van der Waals surface area contributed by atoms with Gasteiger partial charge in [0.05, 0.1) is 11.6 Å². The summed E-state index contributed by atoms with van der Waals surface area (Å²) >= 11 is 0. The molecule has 0 spiro atoms. The molecule has 0 saturated heterocycles. The first-order valence-corrected chi connectivity index (χ1v) is 4.35. The highest BCUT2D eigenvalue weighted by Gasteiger charge is 1.99. The Morgan fingerprint density at radius 1 is 1.33 bits per heavy atom. The van der Waals surface area contributed by atoms with Gasteiger partial charge in [-0.3, -0.25) is 0 Å². The van der Waals surface area contributed by atoms with Gasteiger partial charge in [0, 0.05) is 18.0 Å². The number of aromatic amines is 1. The monoisotopic (exact) mass is 197 g/mol. The fourth-order valence-electron chi connectivity index (χ4n) is 1.27. The van der Waals surface area contributed by atoms with Gasteiger partial charge in [0.15, 0.2) is 0 Å². The Bertz CT molecular complexity index is 560. The van der Waals surface area contributed by atoms with E-state index in [4.69, 9.17) is 5.26 Å². The van der Waals surface area contributed by atoms with E-state index in [1.54, 1.807) is 24.4 Å². The molecule has 4 heteroatoms. The molecule has 0 atom stereocenters. The van der Waals surface area contributed by atoms with Crippen LogP contribution in [-0.4, -0.2) is 9.97 Å². The zero-order valence-electron chi connectivity index (χ0n) is 7.77. The van der Waals surface area contributed by atoms with Crippen molar-refractivity contribution in [1.82, 2.24) is 9.97 Å². The molecule has 0 fully saturated rings. The maximum absolute atomic E-state index is 10.8. The van der Waals surface area contributed by atoms with E-state index in [0.717, 1.165) is 11.1 Å². The van der Waals surface area contributed by atoms with Crippen molar-refractivity contribution in [3.05, 3.63) is 52.7 Å². The molecule has 1 heterocycles. The van der Waals surface area contributed by atoms with Crippen molar-refractivity contribution in [3.8, 4) is 17.2 Å². The predicted molar refractivity (Wildman–Crippen MR) is 55.0 cm³/mol. The van der Waals surface area contributed by atoms with E-state index in [9.17, 15) is 4.79 Å². The minimum atomic E-state index is -0.379. The average Bonchev–Trinajstić information content (AvgIpc) is 2.30. The van der Waals surface area contributed by atoms with Crippen LogP contribution in [0.3, 0.4) is 0 Å². The summed E-state index contributed by atoms with van der Waals surface area (Å²) in [7, 11) is 0. The number of hydrogen-bond donors (Lipinski definition) is 1. The summed E-state index contributed by atoms with van der Waals surface area (Å²) in [6.45, 7) is 0. The van der Waals surface area contributed by atoms with Crippen LogP contribution in [0, 0.1) is 11.3 Å². The van der Waals surface area contributed by atoms with Crippen LogP contribution in [0.4, 0.5) is 0 Å². The van der Waals surface area contributed by atoms with Crippen LogP contribution in [0.25, 0.3) is 11.1 Å². The Morgan fingerprint density at radius 2 is 2.20 bits per heavy atom. The third-order valence-corrected chi connectivity index (χ3v) is 2.00. The largest absolute Gasteiger partial charge is 0.344 e. The summed E-state index contributed by atoms with van der Waals surface area (Å²) in [5, 5.41) is 8.73. The molecule has 2 aromatic rings. The van der Waals surface area contributed by atoms with Gasteiger partial charge in [0.1, 0.15) is 0 Å². The fraction of sp³-hybridized carbons (Fsp3) is 0. The van der Waals surface area contributed by atoms with Crippen molar-refractivity contribution in [2.24, 2.45) is 0 Å². The first kappa shape index (κ1) is 9.16. The molecular weight excluding hydrogens is 190 g/mol. The lowest BCUT2D eigenvalue weighted by Crippen LogP contribution is -2.07. The molecule has 2 rings (SSSR count). The number of rotatable bonds is 1. The third kappa shape index (κ3) is 1.92. The minimum absolute atomic E-state index is 0.379. The number of aromatic nitrogens is 2. The van der Waals surface area contributed by atoms with Gasteiger partial charge < -0.3 is 4.98 Å². The Kier molecular flexibility index (Phi) is 2.30. The second-order valence-electron chi connectivity index (χ2n) is 3.00. The molecule has 0 saturated carbocycles. The summed E-state index contributed by atoms with van der Waals surface area (Å²) in [6.07, 6.45) is 3.06. The maximum Gasteiger partial charge on any atom is 0.344 e. The quantitative estimate of drug-likeness (QED) is 0.749. The standard InChI is InChI=1S/C11H7N3O/c12-5-8-2-1-3-9(4-8)10-6-13-11(15)14-7-10/h1-4,6-7H,(H,13,14,15). The summed E-state index contributed by atoms with van der Waals surface area (Å²) in [4.78, 5) is 16.9. The highest BCUT2D eigenvalue weighted by molar-refractivity contribution is 5.63. The van der Waals surface area contributed by atoms with Gasteiger partial charge >= 0.3 is 5.69 Å². The summed E-state index contributed by atoms with van der Waals surface area (Å²) in [5.74, 6) is 0. The Hall–Kier alpha value is -2.41. The number of benzene rings is 1. The van der Waals surface area contributed by atoms with E-state index in [0.29, 0.717) is 5.56 Å². The van der Waals surface area contributed by atoms with Crippen molar-refractivity contribution < 1.29 is 0 Å². The molecular formula is C11H7N3O. The lowest BCUT2D eigenvalue weighted by atomic mass is 10.1. The van der Waals surface area contributed by atoms with E-state index in [1.165, 1.54) is 6.20 Å². The van der Waals surface area contributed by atoms with Crippen molar-refractivity contribution in [2.75, 3.05) is 0 Å². The smallest absolute Gasteiger partial charge is 0.312 e. The first-order chi connectivity index (χ1) is 7.29. The predicted octanol–water partition coefficient (Wildman–Crippen LogP) is 1.31. The Balaban J connectivity index is 2.50. The van der Waals surface area contributed by atoms with Crippen LogP contribution in [0.15, 0.2) is 41.5 Å². The first-order valence-electron chi connectivity index (χ1n) is 4.35. The van der Waals surface area contributed by atoms with Crippen LogP contribution < -0.4 is 5.69 Å². The van der Waals surface area contributed by atoms with Gasteiger partial charge in [-0.2, -0.15) is 5.26 Å². The van der Waals surface area contributed by atoms with E-state index in [1.807, 2.05) is 6.07 Å². The number of nitrogens with one attached hydrogen (secondary N) is 1. The number of nitriles is 1. The minimum Gasteiger partial charge on any atom is -0.312 e. The maximum atomic E-state index is 10.8. The molecule has 0 radical (unpaired) electrons. The molecule has 1 N–H and O–H groups in total. The lowest BCUT2D eigenvalue weighted by molar-refractivity contribution is 1.08. The molecule has 1 aromatic carbocycles. The lowest BCUT2D eigenvalue weighted by Gasteiger charge is -1.99.